The van der Waals surface area contributed by atoms with Crippen LogP contribution in [0, 0.1) is 0 Å². The van der Waals surface area contributed by atoms with Crippen molar-refractivity contribution >= 4 is 11.9 Å². The predicted molar refractivity (Wildman–Crippen MR) is 98.7 cm³/mol. The Kier molecular flexibility index (Phi) is 4.56. The minimum atomic E-state index is -0.586. The topological polar surface area (TPSA) is 81.9 Å². The number of tetrazole rings is 1. The summed E-state index contributed by atoms with van der Waals surface area (Å²) >= 11 is 0. The number of hydrogen-bond acceptors (Lipinski definition) is 6. The van der Waals surface area contributed by atoms with Crippen molar-refractivity contribution in [1.82, 2.24) is 20.2 Å². The number of nitrogens with zero attached hydrogens (tertiary/aromatic N) is 4. The van der Waals surface area contributed by atoms with Crippen molar-refractivity contribution in [3.63, 3.8) is 0 Å². The highest BCUT2D eigenvalue weighted by atomic mass is 16.6. The highest BCUT2D eigenvalue weighted by Gasteiger charge is 2.36. The zero-order valence-corrected chi connectivity index (χ0v) is 16.1. The van der Waals surface area contributed by atoms with Crippen LogP contribution in [0.5, 0.6) is 0 Å². The molecule has 0 aliphatic carbocycles. The Balaban J connectivity index is 2.07. The largest absolute Gasteiger partial charge is 0.456 e. The molecule has 7 nitrogen and oxygen atoms in total. The zero-order chi connectivity index (χ0) is 19.1. The molecule has 1 aliphatic rings. The number of carbonyl (C=O) groups is 1. The van der Waals surface area contributed by atoms with Crippen LogP contribution in [0.25, 0.3) is 0 Å². The molecule has 1 aromatic heterocycles. The summed E-state index contributed by atoms with van der Waals surface area (Å²) in [6.07, 6.45) is 0. The molecule has 1 unspecified atom stereocenters. The molecule has 3 rings (SSSR count). The van der Waals surface area contributed by atoms with Crippen molar-refractivity contribution in [3.8, 4) is 0 Å². The van der Waals surface area contributed by atoms with Crippen molar-refractivity contribution in [2.45, 2.75) is 59.1 Å². The van der Waals surface area contributed by atoms with Gasteiger partial charge in [-0.3, -0.25) is 0 Å². The summed E-state index contributed by atoms with van der Waals surface area (Å²) in [6.45, 7) is 11.7. The van der Waals surface area contributed by atoms with Crippen molar-refractivity contribution in [3.05, 3.63) is 46.7 Å². The summed E-state index contributed by atoms with van der Waals surface area (Å²) in [7, 11) is 0. The Morgan fingerprint density at radius 1 is 1.23 bits per heavy atom. The lowest BCUT2D eigenvalue weighted by Crippen LogP contribution is -2.33. The number of aromatic nitrogens is 4. The number of esters is 1. The lowest BCUT2D eigenvalue weighted by molar-refractivity contribution is -0.150. The van der Waals surface area contributed by atoms with Gasteiger partial charge in [0.05, 0.1) is 5.57 Å². The van der Waals surface area contributed by atoms with Crippen molar-refractivity contribution in [1.29, 1.82) is 0 Å². The predicted octanol–water partition coefficient (Wildman–Crippen LogP) is 3.43. The number of ether oxygens (including phenoxy) is 1. The maximum Gasteiger partial charge on any atom is 0.338 e. The van der Waals surface area contributed by atoms with Crippen LogP contribution in [0.15, 0.2) is 35.5 Å². The van der Waals surface area contributed by atoms with Crippen LogP contribution in [-0.4, -0.2) is 31.8 Å². The smallest absolute Gasteiger partial charge is 0.338 e. The summed E-state index contributed by atoms with van der Waals surface area (Å²) in [6, 6.07) is 7.77. The maximum atomic E-state index is 12.9. The van der Waals surface area contributed by atoms with E-state index in [4.69, 9.17) is 4.74 Å². The normalized spacial score (nSPS) is 17.1. The highest BCUT2D eigenvalue weighted by molar-refractivity contribution is 5.92. The van der Waals surface area contributed by atoms with Gasteiger partial charge >= 0.3 is 5.97 Å². The molecule has 0 spiro atoms. The first-order valence-corrected chi connectivity index (χ1v) is 8.76. The Bertz CT molecular complexity index is 844. The van der Waals surface area contributed by atoms with E-state index in [2.05, 4.69) is 46.8 Å². The summed E-state index contributed by atoms with van der Waals surface area (Å²) < 4.78 is 7.26. The SMILES string of the molecule is CC1=C(C(=O)OC(C)(C)C)C(c2ccc(C(C)C)cc2)n2nnnc2N1. The average molecular weight is 355 g/mol. The summed E-state index contributed by atoms with van der Waals surface area (Å²) in [5.74, 6) is 0.567. The second-order valence-corrected chi connectivity index (χ2v) is 7.84. The number of allylic oxidation sites excluding steroid dienone is 1. The van der Waals surface area contributed by atoms with Crippen LogP contribution in [0.3, 0.4) is 0 Å². The second kappa shape index (κ2) is 6.55. The molecule has 0 radical (unpaired) electrons. The van der Waals surface area contributed by atoms with Gasteiger partial charge in [0.15, 0.2) is 0 Å². The molecule has 0 fully saturated rings. The van der Waals surface area contributed by atoms with Crippen molar-refractivity contribution in [2.75, 3.05) is 5.32 Å². The third-order valence-corrected chi connectivity index (χ3v) is 4.25. The van der Waals surface area contributed by atoms with Crippen LogP contribution in [-0.2, 0) is 9.53 Å². The van der Waals surface area contributed by atoms with E-state index in [9.17, 15) is 4.79 Å². The summed E-state index contributed by atoms with van der Waals surface area (Å²) in [5, 5.41) is 14.9. The van der Waals surface area contributed by atoms with Crippen LogP contribution >= 0.6 is 0 Å². The van der Waals surface area contributed by atoms with E-state index in [1.807, 2.05) is 39.8 Å². The Labute approximate surface area is 153 Å². The molecule has 0 amide bonds. The number of rotatable bonds is 3. The minimum absolute atomic E-state index is 0.374. The van der Waals surface area contributed by atoms with Gasteiger partial charge in [0, 0.05) is 5.70 Å². The first kappa shape index (κ1) is 18.1. The molecule has 26 heavy (non-hydrogen) atoms. The number of fused-ring (bicyclic) bond motifs is 1. The van der Waals surface area contributed by atoms with Crippen molar-refractivity contribution in [2.24, 2.45) is 0 Å². The van der Waals surface area contributed by atoms with Gasteiger partial charge in [0.2, 0.25) is 5.95 Å². The molecule has 2 heterocycles. The second-order valence-electron chi connectivity index (χ2n) is 7.84. The molecular formula is C19H25N5O2. The van der Waals surface area contributed by atoms with E-state index in [0.717, 1.165) is 5.56 Å². The van der Waals surface area contributed by atoms with Gasteiger partial charge < -0.3 is 10.1 Å². The van der Waals surface area contributed by atoms with Gasteiger partial charge in [0.25, 0.3) is 0 Å². The third kappa shape index (κ3) is 3.47. The fourth-order valence-electron chi connectivity index (χ4n) is 2.98. The van der Waals surface area contributed by atoms with Gasteiger partial charge in [-0.1, -0.05) is 43.2 Å². The average Bonchev–Trinajstić information content (AvgIpc) is 2.99. The van der Waals surface area contributed by atoms with Crippen LogP contribution in [0.1, 0.15) is 64.6 Å². The maximum absolute atomic E-state index is 12.9. The van der Waals surface area contributed by atoms with Gasteiger partial charge in [-0.25, -0.2) is 4.79 Å². The van der Waals surface area contributed by atoms with Gasteiger partial charge in [0.1, 0.15) is 11.6 Å². The van der Waals surface area contributed by atoms with Crippen LogP contribution in [0.4, 0.5) is 5.95 Å². The molecule has 1 atom stereocenters. The standard InChI is InChI=1S/C19H25N5O2/c1-11(2)13-7-9-14(10-8-13)16-15(17(25)26-19(4,5)6)12(3)20-18-21-22-23-24(16)18/h7-11,16H,1-6H3,(H,20,21,23). The lowest BCUT2D eigenvalue weighted by atomic mass is 9.93. The molecule has 1 aromatic carbocycles. The molecule has 7 heteroatoms. The molecule has 1 N–H and O–H groups in total. The number of nitrogens with one attached hydrogen (secondary N) is 1. The molecule has 0 bridgehead atoms. The number of hydrogen-bond donors (Lipinski definition) is 1. The quantitative estimate of drug-likeness (QED) is 0.850. The fraction of sp³-hybridized carbons (Fsp3) is 0.474. The van der Waals surface area contributed by atoms with Gasteiger partial charge in [-0.2, -0.15) is 4.68 Å². The molecule has 138 valence electrons. The lowest BCUT2D eigenvalue weighted by Gasteiger charge is -2.29. The third-order valence-electron chi connectivity index (χ3n) is 4.25. The van der Waals surface area contributed by atoms with Gasteiger partial charge in [-0.15, -0.1) is 0 Å². The van der Waals surface area contributed by atoms with Crippen LogP contribution in [0.2, 0.25) is 0 Å². The first-order chi connectivity index (χ1) is 12.2. The monoisotopic (exact) mass is 355 g/mol. The highest BCUT2D eigenvalue weighted by Crippen LogP contribution is 2.36. The molecular weight excluding hydrogens is 330 g/mol. The van der Waals surface area contributed by atoms with E-state index in [0.29, 0.717) is 23.1 Å². The molecule has 0 saturated carbocycles. The molecule has 1 aliphatic heterocycles. The minimum Gasteiger partial charge on any atom is -0.456 e. The summed E-state index contributed by atoms with van der Waals surface area (Å²) in [4.78, 5) is 12.9. The number of anilines is 1. The Hall–Kier alpha value is -2.70. The van der Waals surface area contributed by atoms with E-state index in [1.54, 1.807) is 4.68 Å². The number of benzene rings is 1. The van der Waals surface area contributed by atoms with E-state index in [1.165, 1.54) is 5.56 Å². The fourth-order valence-corrected chi connectivity index (χ4v) is 2.98. The van der Waals surface area contributed by atoms with Crippen molar-refractivity contribution < 1.29 is 9.53 Å². The zero-order valence-electron chi connectivity index (χ0n) is 16.1. The van der Waals surface area contributed by atoms with E-state index in [-0.39, 0.29) is 5.97 Å². The Morgan fingerprint density at radius 2 is 1.88 bits per heavy atom. The Morgan fingerprint density at radius 3 is 2.46 bits per heavy atom. The number of carbonyl (C=O) groups excluding carboxylic acids is 1. The van der Waals surface area contributed by atoms with E-state index < -0.39 is 11.6 Å². The summed E-state index contributed by atoms with van der Waals surface area (Å²) in [5.41, 5.74) is 2.79. The molecule has 2 aromatic rings. The van der Waals surface area contributed by atoms with E-state index >= 15 is 0 Å². The van der Waals surface area contributed by atoms with Gasteiger partial charge in [-0.05, 0) is 55.2 Å². The van der Waals surface area contributed by atoms with Crippen LogP contribution < -0.4 is 5.32 Å². The molecule has 0 saturated heterocycles. The first-order valence-electron chi connectivity index (χ1n) is 8.76.